The monoisotopic (exact) mass is 361 g/mol. The number of hydrogen-bond donors (Lipinski definition) is 2. The first-order valence-corrected chi connectivity index (χ1v) is 9.69. The van der Waals surface area contributed by atoms with Crippen LogP contribution >= 0.6 is 0 Å². The summed E-state index contributed by atoms with van der Waals surface area (Å²) in [5.41, 5.74) is 1.26. The minimum absolute atomic E-state index is 0.0782. The maximum Gasteiger partial charge on any atom is 0.191 e. The number of anilines is 1. The maximum absolute atomic E-state index is 5.62. The number of nitrogens with zero attached hydrogens (tertiary/aromatic N) is 3. The Kier molecular flexibility index (Phi) is 7.69. The van der Waals surface area contributed by atoms with Gasteiger partial charge in [0.05, 0.1) is 12.6 Å². The van der Waals surface area contributed by atoms with Crippen molar-refractivity contribution in [2.45, 2.75) is 53.2 Å². The van der Waals surface area contributed by atoms with Gasteiger partial charge in [-0.2, -0.15) is 0 Å². The van der Waals surface area contributed by atoms with E-state index in [9.17, 15) is 0 Å². The SMILES string of the molecule is CCNC(=NCc1ccnc(N2CCCC2)c1)NCC(OC)C(C)(C)C. The van der Waals surface area contributed by atoms with Gasteiger partial charge in [0.25, 0.3) is 0 Å². The number of methoxy groups -OCH3 is 1. The van der Waals surface area contributed by atoms with Crippen molar-refractivity contribution in [2.75, 3.05) is 38.2 Å². The number of guanidine groups is 1. The Morgan fingerprint density at radius 1 is 1.31 bits per heavy atom. The van der Waals surface area contributed by atoms with Gasteiger partial charge in [0.15, 0.2) is 5.96 Å². The molecule has 6 heteroatoms. The average molecular weight is 362 g/mol. The molecule has 1 aliphatic rings. The Labute approximate surface area is 158 Å². The first kappa shape index (κ1) is 20.5. The van der Waals surface area contributed by atoms with Crippen molar-refractivity contribution < 1.29 is 4.74 Å². The number of aromatic nitrogens is 1. The van der Waals surface area contributed by atoms with Crippen LogP contribution < -0.4 is 15.5 Å². The van der Waals surface area contributed by atoms with Crippen LogP contribution in [-0.2, 0) is 11.3 Å². The maximum atomic E-state index is 5.62. The number of hydrogen-bond acceptors (Lipinski definition) is 4. The molecule has 2 heterocycles. The fourth-order valence-electron chi connectivity index (χ4n) is 3.12. The fourth-order valence-corrected chi connectivity index (χ4v) is 3.12. The number of ether oxygens (including phenoxy) is 1. The van der Waals surface area contributed by atoms with Crippen molar-refractivity contribution in [1.29, 1.82) is 0 Å². The average Bonchev–Trinajstić information content (AvgIpc) is 3.14. The molecule has 1 fully saturated rings. The van der Waals surface area contributed by atoms with Gasteiger partial charge < -0.3 is 20.3 Å². The third-order valence-electron chi connectivity index (χ3n) is 4.71. The molecule has 26 heavy (non-hydrogen) atoms. The zero-order valence-corrected chi connectivity index (χ0v) is 17.0. The molecule has 1 aliphatic heterocycles. The van der Waals surface area contributed by atoms with E-state index in [2.05, 4.69) is 54.3 Å². The zero-order valence-electron chi connectivity index (χ0n) is 17.0. The first-order valence-electron chi connectivity index (χ1n) is 9.69. The molecule has 1 unspecified atom stereocenters. The molecule has 1 aromatic rings. The van der Waals surface area contributed by atoms with Crippen molar-refractivity contribution in [3.05, 3.63) is 23.9 Å². The Morgan fingerprint density at radius 2 is 2.04 bits per heavy atom. The summed E-state index contributed by atoms with van der Waals surface area (Å²) >= 11 is 0. The largest absolute Gasteiger partial charge is 0.379 e. The van der Waals surface area contributed by atoms with Crippen LogP contribution in [0.2, 0.25) is 0 Å². The normalized spacial score (nSPS) is 16.7. The minimum atomic E-state index is 0.0782. The lowest BCUT2D eigenvalue weighted by Gasteiger charge is -2.30. The molecule has 1 aromatic heterocycles. The lowest BCUT2D eigenvalue weighted by molar-refractivity contribution is 0.0205. The van der Waals surface area contributed by atoms with E-state index in [-0.39, 0.29) is 11.5 Å². The van der Waals surface area contributed by atoms with E-state index < -0.39 is 0 Å². The van der Waals surface area contributed by atoms with E-state index in [1.54, 1.807) is 7.11 Å². The molecule has 0 spiro atoms. The lowest BCUT2D eigenvalue weighted by Crippen LogP contribution is -2.45. The van der Waals surface area contributed by atoms with Gasteiger partial charge in [-0.1, -0.05) is 20.8 Å². The Balaban J connectivity index is 1.98. The quantitative estimate of drug-likeness (QED) is 0.578. The highest BCUT2D eigenvalue weighted by atomic mass is 16.5. The van der Waals surface area contributed by atoms with E-state index in [1.807, 2.05) is 12.3 Å². The summed E-state index contributed by atoms with van der Waals surface area (Å²) in [6, 6.07) is 4.20. The second kappa shape index (κ2) is 9.76. The third-order valence-corrected chi connectivity index (χ3v) is 4.71. The van der Waals surface area contributed by atoms with Crippen LogP contribution in [0, 0.1) is 5.41 Å². The van der Waals surface area contributed by atoms with Gasteiger partial charge in [0.1, 0.15) is 5.82 Å². The molecule has 6 nitrogen and oxygen atoms in total. The van der Waals surface area contributed by atoms with E-state index in [4.69, 9.17) is 9.73 Å². The summed E-state index contributed by atoms with van der Waals surface area (Å²) in [4.78, 5) is 11.6. The second-order valence-electron chi connectivity index (χ2n) is 7.88. The Morgan fingerprint density at radius 3 is 2.65 bits per heavy atom. The Hall–Kier alpha value is -1.82. The molecule has 0 amide bonds. The minimum Gasteiger partial charge on any atom is -0.379 e. The summed E-state index contributed by atoms with van der Waals surface area (Å²) in [5, 5.41) is 6.72. The van der Waals surface area contributed by atoms with Crippen LogP contribution in [-0.4, -0.2) is 50.3 Å². The smallest absolute Gasteiger partial charge is 0.191 e. The van der Waals surface area contributed by atoms with Crippen LogP contribution in [0.3, 0.4) is 0 Å². The lowest BCUT2D eigenvalue weighted by atomic mass is 9.89. The van der Waals surface area contributed by atoms with E-state index in [1.165, 1.54) is 18.4 Å². The molecule has 1 saturated heterocycles. The topological polar surface area (TPSA) is 61.8 Å². The van der Waals surface area contributed by atoms with Crippen LogP contribution in [0.4, 0.5) is 5.82 Å². The molecular weight excluding hydrogens is 326 g/mol. The fraction of sp³-hybridized carbons (Fsp3) is 0.700. The summed E-state index contributed by atoms with van der Waals surface area (Å²) in [6.45, 7) is 13.0. The summed E-state index contributed by atoms with van der Waals surface area (Å²) in [7, 11) is 1.76. The van der Waals surface area contributed by atoms with Crippen LogP contribution in [0.25, 0.3) is 0 Å². The van der Waals surface area contributed by atoms with Crippen molar-refractivity contribution in [3.63, 3.8) is 0 Å². The van der Waals surface area contributed by atoms with Gasteiger partial charge in [-0.25, -0.2) is 9.98 Å². The van der Waals surface area contributed by atoms with Crippen LogP contribution in [0.15, 0.2) is 23.3 Å². The molecular formula is C20H35N5O. The van der Waals surface area contributed by atoms with Crippen LogP contribution in [0.5, 0.6) is 0 Å². The predicted octanol–water partition coefficient (Wildman–Crippen LogP) is 2.80. The second-order valence-corrected chi connectivity index (χ2v) is 7.88. The number of aliphatic imine (C=N–C) groups is 1. The molecule has 0 bridgehead atoms. The summed E-state index contributed by atoms with van der Waals surface area (Å²) in [5.74, 6) is 1.89. The van der Waals surface area contributed by atoms with Crippen LogP contribution in [0.1, 0.15) is 46.1 Å². The highest BCUT2D eigenvalue weighted by Gasteiger charge is 2.24. The van der Waals surface area contributed by atoms with Gasteiger partial charge in [-0.15, -0.1) is 0 Å². The van der Waals surface area contributed by atoms with Gasteiger partial charge in [-0.3, -0.25) is 0 Å². The van der Waals surface area contributed by atoms with E-state index >= 15 is 0 Å². The standard InChI is InChI=1S/C20H35N5O/c1-6-21-19(24-15-17(26-5)20(2,3)4)23-14-16-9-10-22-18(13-16)25-11-7-8-12-25/h9-10,13,17H,6-8,11-12,14-15H2,1-5H3,(H2,21,23,24). The highest BCUT2D eigenvalue weighted by Crippen LogP contribution is 2.21. The van der Waals surface area contributed by atoms with E-state index in [0.29, 0.717) is 6.54 Å². The molecule has 1 atom stereocenters. The number of pyridine rings is 1. The highest BCUT2D eigenvalue weighted by molar-refractivity contribution is 5.79. The molecule has 146 valence electrons. The van der Waals surface area contributed by atoms with E-state index in [0.717, 1.165) is 38.0 Å². The van der Waals surface area contributed by atoms with Gasteiger partial charge in [0.2, 0.25) is 0 Å². The number of nitrogens with one attached hydrogen (secondary N) is 2. The molecule has 0 saturated carbocycles. The first-order chi connectivity index (χ1) is 12.4. The Bertz CT molecular complexity index is 576. The van der Waals surface area contributed by atoms with Crippen molar-refractivity contribution in [1.82, 2.24) is 15.6 Å². The summed E-state index contributed by atoms with van der Waals surface area (Å²) in [6.07, 6.45) is 4.52. The van der Waals surface area contributed by atoms with Crippen molar-refractivity contribution >= 4 is 11.8 Å². The predicted molar refractivity (Wildman–Crippen MR) is 109 cm³/mol. The summed E-state index contributed by atoms with van der Waals surface area (Å²) < 4.78 is 5.62. The molecule has 0 radical (unpaired) electrons. The van der Waals surface area contributed by atoms with Crippen molar-refractivity contribution in [2.24, 2.45) is 10.4 Å². The molecule has 2 rings (SSSR count). The number of rotatable bonds is 7. The zero-order chi connectivity index (χ0) is 19.0. The molecule has 0 aliphatic carbocycles. The van der Waals surface area contributed by atoms with Gasteiger partial charge in [0, 0.05) is 39.5 Å². The molecule has 2 N–H and O–H groups in total. The van der Waals surface area contributed by atoms with Gasteiger partial charge in [-0.05, 0) is 42.9 Å². The molecule has 0 aromatic carbocycles. The van der Waals surface area contributed by atoms with Gasteiger partial charge >= 0.3 is 0 Å². The third kappa shape index (κ3) is 6.16. The van der Waals surface area contributed by atoms with Crippen molar-refractivity contribution in [3.8, 4) is 0 Å².